The summed E-state index contributed by atoms with van der Waals surface area (Å²) >= 11 is 3.34. The van der Waals surface area contributed by atoms with Gasteiger partial charge in [0.1, 0.15) is 11.2 Å². The van der Waals surface area contributed by atoms with Crippen LogP contribution in [0.3, 0.4) is 0 Å². The van der Waals surface area contributed by atoms with E-state index in [1.54, 1.807) is 25.1 Å². The van der Waals surface area contributed by atoms with E-state index < -0.39 is 11.6 Å². The van der Waals surface area contributed by atoms with Crippen molar-refractivity contribution >= 4 is 21.9 Å². The minimum atomic E-state index is -1.46. The summed E-state index contributed by atoms with van der Waals surface area (Å²) in [6.07, 6.45) is 1.58. The highest BCUT2D eigenvalue weighted by Crippen LogP contribution is 2.36. The molecular formula is C14H13BrO4. The lowest BCUT2D eigenvalue weighted by Crippen LogP contribution is -2.27. The lowest BCUT2D eigenvalue weighted by molar-refractivity contribution is 0.0472. The second-order valence-electron chi connectivity index (χ2n) is 4.19. The zero-order valence-corrected chi connectivity index (χ0v) is 11.8. The molecule has 1 aromatic heterocycles. The Morgan fingerprint density at radius 2 is 2.16 bits per heavy atom. The van der Waals surface area contributed by atoms with E-state index in [1.807, 2.05) is 6.07 Å². The highest BCUT2D eigenvalue weighted by atomic mass is 79.9. The first-order valence-electron chi connectivity index (χ1n) is 5.78. The average Bonchev–Trinajstić information content (AvgIpc) is 2.87. The summed E-state index contributed by atoms with van der Waals surface area (Å²) in [6.45, 7) is 1.77. The van der Waals surface area contributed by atoms with Crippen LogP contribution in [0.2, 0.25) is 0 Å². The Bertz CT molecular complexity index is 605. The van der Waals surface area contributed by atoms with Gasteiger partial charge >= 0.3 is 5.97 Å². The number of hydrogen-bond acceptors (Lipinski definition) is 3. The van der Waals surface area contributed by atoms with Gasteiger partial charge in [0.25, 0.3) is 0 Å². The first-order valence-corrected chi connectivity index (χ1v) is 6.58. The van der Waals surface area contributed by atoms with E-state index >= 15 is 0 Å². The Labute approximate surface area is 118 Å². The van der Waals surface area contributed by atoms with Crippen LogP contribution in [-0.4, -0.2) is 16.2 Å². The van der Waals surface area contributed by atoms with Crippen LogP contribution in [0.4, 0.5) is 0 Å². The van der Waals surface area contributed by atoms with Crippen molar-refractivity contribution in [2.24, 2.45) is 0 Å². The normalized spacial score (nSPS) is 14.1. The largest absolute Gasteiger partial charge is 0.478 e. The average molecular weight is 325 g/mol. The summed E-state index contributed by atoms with van der Waals surface area (Å²) in [5, 5.41) is 20.0. The van der Waals surface area contributed by atoms with Crippen molar-refractivity contribution in [3.63, 3.8) is 0 Å². The van der Waals surface area contributed by atoms with Gasteiger partial charge in [-0.05, 0) is 30.2 Å². The molecular weight excluding hydrogens is 312 g/mol. The maximum absolute atomic E-state index is 11.2. The zero-order valence-electron chi connectivity index (χ0n) is 10.3. The summed E-state index contributed by atoms with van der Waals surface area (Å²) in [5.41, 5.74) is -0.896. The Morgan fingerprint density at radius 1 is 1.42 bits per heavy atom. The number of rotatable bonds is 4. The molecule has 2 aromatic rings. The number of benzene rings is 1. The van der Waals surface area contributed by atoms with Crippen LogP contribution in [-0.2, 0) is 5.60 Å². The molecule has 0 fully saturated rings. The van der Waals surface area contributed by atoms with E-state index in [1.165, 1.54) is 12.3 Å². The molecule has 0 saturated carbocycles. The summed E-state index contributed by atoms with van der Waals surface area (Å²) in [7, 11) is 0. The van der Waals surface area contributed by atoms with Gasteiger partial charge in [-0.25, -0.2) is 4.79 Å². The quantitative estimate of drug-likeness (QED) is 0.904. The fraction of sp³-hybridized carbons (Fsp3) is 0.214. The van der Waals surface area contributed by atoms with Crippen LogP contribution in [0.1, 0.15) is 35.0 Å². The molecule has 2 N–H and O–H groups in total. The SMILES string of the molecule is CCC(O)(c1cccc(Br)c1)c1occc1C(=O)O. The number of carboxylic acids is 1. The maximum Gasteiger partial charge on any atom is 0.339 e. The second-order valence-corrected chi connectivity index (χ2v) is 5.11. The summed E-state index contributed by atoms with van der Waals surface area (Å²) in [6, 6.07) is 8.44. The third kappa shape index (κ3) is 2.43. The molecule has 0 spiro atoms. The maximum atomic E-state index is 11.2. The predicted molar refractivity (Wildman–Crippen MR) is 73.1 cm³/mol. The molecule has 1 aromatic carbocycles. The molecule has 1 atom stereocenters. The molecule has 5 heteroatoms. The molecule has 4 nitrogen and oxygen atoms in total. The minimum absolute atomic E-state index is 0.0238. The Balaban J connectivity index is 2.60. The van der Waals surface area contributed by atoms with Crippen LogP contribution in [0.5, 0.6) is 0 Å². The molecule has 1 heterocycles. The van der Waals surface area contributed by atoms with Gasteiger partial charge in [0, 0.05) is 4.47 Å². The predicted octanol–water partition coefficient (Wildman–Crippen LogP) is 3.39. The van der Waals surface area contributed by atoms with Crippen molar-refractivity contribution in [1.29, 1.82) is 0 Å². The number of aliphatic hydroxyl groups is 1. The molecule has 19 heavy (non-hydrogen) atoms. The third-order valence-electron chi connectivity index (χ3n) is 3.09. The van der Waals surface area contributed by atoms with Crippen molar-refractivity contribution in [3.8, 4) is 0 Å². The molecule has 0 bridgehead atoms. The second kappa shape index (κ2) is 5.19. The van der Waals surface area contributed by atoms with Crippen molar-refractivity contribution in [3.05, 3.63) is 58.0 Å². The molecule has 100 valence electrons. The molecule has 0 aliphatic heterocycles. The minimum Gasteiger partial charge on any atom is -0.478 e. The number of carbonyl (C=O) groups is 1. The molecule has 1 unspecified atom stereocenters. The highest BCUT2D eigenvalue weighted by molar-refractivity contribution is 9.10. The van der Waals surface area contributed by atoms with Gasteiger partial charge in [0.05, 0.1) is 6.26 Å². The Morgan fingerprint density at radius 3 is 2.74 bits per heavy atom. The van der Waals surface area contributed by atoms with Crippen molar-refractivity contribution < 1.29 is 19.4 Å². The monoisotopic (exact) mass is 324 g/mol. The summed E-state index contributed by atoms with van der Waals surface area (Å²) in [5.74, 6) is -1.06. The first kappa shape index (κ1) is 13.8. The van der Waals surface area contributed by atoms with E-state index in [9.17, 15) is 9.90 Å². The van der Waals surface area contributed by atoms with Gasteiger partial charge in [-0.3, -0.25) is 0 Å². The van der Waals surface area contributed by atoms with E-state index in [0.717, 1.165) is 4.47 Å². The van der Waals surface area contributed by atoms with E-state index in [2.05, 4.69) is 15.9 Å². The molecule has 0 saturated heterocycles. The molecule has 0 aliphatic rings. The van der Waals surface area contributed by atoms with Gasteiger partial charge < -0.3 is 14.6 Å². The van der Waals surface area contributed by atoms with Crippen LogP contribution in [0.25, 0.3) is 0 Å². The van der Waals surface area contributed by atoms with Gasteiger partial charge in [-0.2, -0.15) is 0 Å². The van der Waals surface area contributed by atoms with Crippen LogP contribution < -0.4 is 0 Å². The fourth-order valence-corrected chi connectivity index (χ4v) is 2.44. The van der Waals surface area contributed by atoms with Crippen LogP contribution in [0.15, 0.2) is 45.5 Å². The van der Waals surface area contributed by atoms with Gasteiger partial charge in [0.15, 0.2) is 5.76 Å². The third-order valence-corrected chi connectivity index (χ3v) is 3.58. The molecule has 0 amide bonds. The van der Waals surface area contributed by atoms with E-state index in [4.69, 9.17) is 9.52 Å². The zero-order chi connectivity index (χ0) is 14.0. The lowest BCUT2D eigenvalue weighted by Gasteiger charge is -2.26. The topological polar surface area (TPSA) is 70.7 Å². The van der Waals surface area contributed by atoms with Crippen LogP contribution in [0, 0.1) is 0 Å². The Hall–Kier alpha value is -1.59. The Kier molecular flexibility index (Phi) is 3.78. The van der Waals surface area contributed by atoms with Gasteiger partial charge in [-0.15, -0.1) is 0 Å². The number of carboxylic acid groups (broad SMARTS) is 1. The van der Waals surface area contributed by atoms with Gasteiger partial charge in [0.2, 0.25) is 0 Å². The number of aromatic carboxylic acids is 1. The molecule has 2 rings (SSSR count). The van der Waals surface area contributed by atoms with Crippen molar-refractivity contribution in [2.45, 2.75) is 18.9 Å². The molecule has 0 radical (unpaired) electrons. The van der Waals surface area contributed by atoms with Gasteiger partial charge in [-0.1, -0.05) is 35.0 Å². The van der Waals surface area contributed by atoms with Crippen molar-refractivity contribution in [2.75, 3.05) is 0 Å². The number of halogens is 1. The highest BCUT2D eigenvalue weighted by Gasteiger charge is 2.37. The standard InChI is InChI=1S/C14H13BrO4/c1-2-14(18,9-4-3-5-10(15)8-9)12-11(13(16)17)6-7-19-12/h3-8,18H,2H2,1H3,(H,16,17). The lowest BCUT2D eigenvalue weighted by atomic mass is 9.87. The van der Waals surface area contributed by atoms with Crippen molar-refractivity contribution in [1.82, 2.24) is 0 Å². The smallest absolute Gasteiger partial charge is 0.339 e. The fourth-order valence-electron chi connectivity index (χ4n) is 2.04. The molecule has 0 aliphatic carbocycles. The van der Waals surface area contributed by atoms with E-state index in [0.29, 0.717) is 12.0 Å². The van der Waals surface area contributed by atoms with Crippen LogP contribution >= 0.6 is 15.9 Å². The number of hydrogen-bond donors (Lipinski definition) is 2. The van der Waals surface area contributed by atoms with E-state index in [-0.39, 0.29) is 11.3 Å². The summed E-state index contributed by atoms with van der Waals surface area (Å²) < 4.78 is 6.04. The summed E-state index contributed by atoms with van der Waals surface area (Å²) in [4.78, 5) is 11.2. The first-order chi connectivity index (χ1) is 8.99. The number of furan rings is 1.